The molecule has 2 atom stereocenters. The van der Waals surface area contributed by atoms with E-state index in [1.165, 1.54) is 17.0 Å². The van der Waals surface area contributed by atoms with Gasteiger partial charge >= 0.3 is 6.09 Å². The summed E-state index contributed by atoms with van der Waals surface area (Å²) in [5.74, 6) is -0.647. The minimum Gasteiger partial charge on any atom is -0.474 e. The highest BCUT2D eigenvalue weighted by Gasteiger charge is 2.32. The molecule has 9 heteroatoms. The third-order valence-electron chi connectivity index (χ3n) is 5.45. The van der Waals surface area contributed by atoms with E-state index < -0.39 is 12.1 Å². The largest absolute Gasteiger partial charge is 0.474 e. The number of halogens is 1. The molecule has 1 fully saturated rings. The molecule has 0 spiro atoms. The summed E-state index contributed by atoms with van der Waals surface area (Å²) in [7, 11) is 0. The Bertz CT molecular complexity index is 976. The van der Waals surface area contributed by atoms with Gasteiger partial charge in [0.25, 0.3) is 5.91 Å². The van der Waals surface area contributed by atoms with Crippen LogP contribution in [0.3, 0.4) is 0 Å². The molecule has 2 amide bonds. The molecule has 2 aliphatic heterocycles. The van der Waals surface area contributed by atoms with Gasteiger partial charge in [-0.3, -0.25) is 9.69 Å². The number of carbonyl (C=O) groups is 2. The Labute approximate surface area is 179 Å². The second kappa shape index (κ2) is 8.89. The van der Waals surface area contributed by atoms with Crippen LogP contribution in [0, 0.1) is 5.82 Å². The maximum Gasteiger partial charge on any atom is 0.412 e. The second-order valence-corrected chi connectivity index (χ2v) is 7.78. The molecule has 31 heavy (non-hydrogen) atoms. The van der Waals surface area contributed by atoms with Gasteiger partial charge in [0.1, 0.15) is 23.8 Å². The highest BCUT2D eigenvalue weighted by atomic mass is 19.1. The lowest BCUT2D eigenvalue weighted by molar-refractivity contribution is 0.0852. The van der Waals surface area contributed by atoms with Crippen LogP contribution in [0.4, 0.5) is 14.9 Å². The van der Waals surface area contributed by atoms with Gasteiger partial charge in [0.15, 0.2) is 0 Å². The van der Waals surface area contributed by atoms with Gasteiger partial charge in [-0.2, -0.15) is 0 Å². The Morgan fingerprint density at radius 2 is 2.10 bits per heavy atom. The van der Waals surface area contributed by atoms with Crippen molar-refractivity contribution >= 4 is 17.7 Å². The van der Waals surface area contributed by atoms with Crippen LogP contribution in [-0.2, 0) is 11.2 Å². The molecule has 1 saturated heterocycles. The van der Waals surface area contributed by atoms with Crippen molar-refractivity contribution in [2.24, 2.45) is 0 Å². The Kier molecular flexibility index (Phi) is 6.03. The molecule has 0 radical (unpaired) electrons. The van der Waals surface area contributed by atoms with E-state index in [-0.39, 0.29) is 42.4 Å². The first-order valence-corrected chi connectivity index (χ1v) is 10.3. The summed E-state index contributed by atoms with van der Waals surface area (Å²) in [5.41, 5.74) is 1.74. The number of rotatable bonds is 5. The van der Waals surface area contributed by atoms with Crippen molar-refractivity contribution in [2.45, 2.75) is 38.3 Å². The predicted octanol–water partition coefficient (Wildman–Crippen LogP) is 2.99. The van der Waals surface area contributed by atoms with E-state index >= 15 is 0 Å². The maximum absolute atomic E-state index is 13.3. The predicted molar refractivity (Wildman–Crippen MR) is 110 cm³/mol. The zero-order valence-corrected chi connectivity index (χ0v) is 17.1. The van der Waals surface area contributed by atoms with Crippen molar-refractivity contribution in [3.63, 3.8) is 0 Å². The van der Waals surface area contributed by atoms with Crippen LogP contribution in [0.15, 0.2) is 30.3 Å². The number of fused-ring (bicyclic) bond motifs is 1. The Morgan fingerprint density at radius 3 is 2.77 bits per heavy atom. The molecule has 8 nitrogen and oxygen atoms in total. The van der Waals surface area contributed by atoms with E-state index in [0.717, 1.165) is 18.4 Å². The summed E-state index contributed by atoms with van der Waals surface area (Å²) in [5, 5.41) is 12.5. The lowest BCUT2D eigenvalue weighted by Gasteiger charge is -2.32. The molecule has 0 unspecified atom stereocenters. The fourth-order valence-electron chi connectivity index (χ4n) is 3.86. The monoisotopic (exact) mass is 429 g/mol. The lowest BCUT2D eigenvalue weighted by Crippen LogP contribution is -2.45. The molecule has 0 saturated carbocycles. The number of carboxylic acid groups (broad SMARTS) is 1. The summed E-state index contributed by atoms with van der Waals surface area (Å²) in [6, 6.07) is 7.15. The van der Waals surface area contributed by atoms with Crippen molar-refractivity contribution < 1.29 is 28.6 Å². The van der Waals surface area contributed by atoms with Crippen LogP contribution in [0.2, 0.25) is 0 Å². The number of amides is 2. The van der Waals surface area contributed by atoms with Crippen LogP contribution in [0.5, 0.6) is 5.88 Å². The number of hydrogen-bond donors (Lipinski definition) is 2. The molecule has 1 aromatic carbocycles. The van der Waals surface area contributed by atoms with Gasteiger partial charge in [-0.25, -0.2) is 14.2 Å². The fourth-order valence-corrected chi connectivity index (χ4v) is 3.86. The van der Waals surface area contributed by atoms with Gasteiger partial charge in [0.05, 0.1) is 12.1 Å². The van der Waals surface area contributed by atoms with E-state index in [4.69, 9.17) is 9.47 Å². The third kappa shape index (κ3) is 4.61. The van der Waals surface area contributed by atoms with E-state index in [2.05, 4.69) is 10.3 Å². The zero-order valence-electron chi connectivity index (χ0n) is 17.1. The number of ether oxygens (including phenoxy) is 2. The second-order valence-electron chi connectivity index (χ2n) is 7.78. The SMILES string of the molecule is C[C@H]1COc2nc(C(=O)NC[C@@H]3CCCO3)c(Cc3ccc(F)cc3)cc2N1C(=O)O. The van der Waals surface area contributed by atoms with Crippen LogP contribution < -0.4 is 15.0 Å². The summed E-state index contributed by atoms with van der Waals surface area (Å²) in [6.45, 7) is 2.93. The van der Waals surface area contributed by atoms with Crippen LogP contribution in [-0.4, -0.2) is 54.0 Å². The molecule has 2 aromatic rings. The first kappa shape index (κ1) is 21.0. The van der Waals surface area contributed by atoms with Gasteiger partial charge in [-0.15, -0.1) is 0 Å². The van der Waals surface area contributed by atoms with Crippen molar-refractivity contribution in [1.29, 1.82) is 0 Å². The minimum atomic E-state index is -1.12. The maximum atomic E-state index is 13.3. The lowest BCUT2D eigenvalue weighted by atomic mass is 10.0. The first-order valence-electron chi connectivity index (χ1n) is 10.3. The molecular formula is C22H24FN3O5. The Morgan fingerprint density at radius 1 is 1.32 bits per heavy atom. The summed E-state index contributed by atoms with van der Waals surface area (Å²) < 4.78 is 24.5. The number of carbonyl (C=O) groups excluding carboxylic acids is 1. The number of pyridine rings is 1. The molecule has 0 aliphatic carbocycles. The molecule has 164 valence electrons. The van der Waals surface area contributed by atoms with E-state index in [1.807, 2.05) is 0 Å². The van der Waals surface area contributed by atoms with Crippen molar-refractivity contribution in [2.75, 3.05) is 24.7 Å². The van der Waals surface area contributed by atoms with Crippen LogP contribution in [0.25, 0.3) is 0 Å². The average Bonchev–Trinajstić information content (AvgIpc) is 3.26. The summed E-state index contributed by atoms with van der Waals surface area (Å²) in [6.07, 6.45) is 0.980. The number of nitrogens with one attached hydrogen (secondary N) is 1. The van der Waals surface area contributed by atoms with Gasteiger partial charge in [0, 0.05) is 13.2 Å². The van der Waals surface area contributed by atoms with Crippen LogP contribution in [0.1, 0.15) is 41.4 Å². The molecule has 3 heterocycles. The van der Waals surface area contributed by atoms with Gasteiger partial charge in [-0.05, 0) is 55.5 Å². The quantitative estimate of drug-likeness (QED) is 0.758. The topological polar surface area (TPSA) is 101 Å². The Hall–Kier alpha value is -3.20. The van der Waals surface area contributed by atoms with E-state index in [0.29, 0.717) is 24.4 Å². The van der Waals surface area contributed by atoms with Crippen molar-refractivity contribution in [1.82, 2.24) is 10.3 Å². The van der Waals surface area contributed by atoms with Crippen molar-refractivity contribution in [3.05, 3.63) is 53.0 Å². The number of hydrogen-bond acceptors (Lipinski definition) is 5. The summed E-state index contributed by atoms with van der Waals surface area (Å²) >= 11 is 0. The van der Waals surface area contributed by atoms with E-state index in [9.17, 15) is 19.1 Å². The third-order valence-corrected chi connectivity index (χ3v) is 5.45. The van der Waals surface area contributed by atoms with Gasteiger partial charge < -0.3 is 19.9 Å². The Balaban J connectivity index is 1.68. The molecule has 4 rings (SSSR count). The van der Waals surface area contributed by atoms with Gasteiger partial charge in [0.2, 0.25) is 5.88 Å². The fraction of sp³-hybridized carbons (Fsp3) is 0.409. The number of anilines is 1. The summed E-state index contributed by atoms with van der Waals surface area (Å²) in [4.78, 5) is 30.3. The highest BCUT2D eigenvalue weighted by molar-refractivity contribution is 5.96. The molecule has 0 bridgehead atoms. The van der Waals surface area contributed by atoms with Crippen molar-refractivity contribution in [3.8, 4) is 5.88 Å². The highest BCUT2D eigenvalue weighted by Crippen LogP contribution is 2.35. The standard InChI is InChI=1S/C22H24FN3O5/c1-13-12-31-21-18(26(13)22(28)29)10-15(9-14-4-6-16(23)7-5-14)19(25-21)20(27)24-11-17-3-2-8-30-17/h4-7,10,13,17H,2-3,8-9,11-12H2,1H3,(H,24,27)(H,28,29)/t13-,17-/m0/s1. The average molecular weight is 429 g/mol. The molecule has 1 aromatic heterocycles. The molecule has 2 N–H and O–H groups in total. The minimum absolute atomic E-state index is 0.0262. The first-order chi connectivity index (χ1) is 14.9. The normalized spacial score (nSPS) is 20.1. The van der Waals surface area contributed by atoms with E-state index in [1.54, 1.807) is 25.1 Å². The number of aromatic nitrogens is 1. The van der Waals surface area contributed by atoms with Gasteiger partial charge in [-0.1, -0.05) is 12.1 Å². The molecule has 2 aliphatic rings. The molecular weight excluding hydrogens is 405 g/mol. The zero-order chi connectivity index (χ0) is 22.0. The number of benzene rings is 1. The number of nitrogens with zero attached hydrogens (tertiary/aromatic N) is 2. The smallest absolute Gasteiger partial charge is 0.412 e. The van der Waals surface area contributed by atoms with Crippen LogP contribution >= 0.6 is 0 Å².